The summed E-state index contributed by atoms with van der Waals surface area (Å²) < 4.78 is 11.0. The second kappa shape index (κ2) is 10.2. The first-order chi connectivity index (χ1) is 13.7. The first-order valence-electron chi connectivity index (χ1n) is 9.35. The first kappa shape index (κ1) is 22.6. The van der Waals surface area contributed by atoms with Crippen LogP contribution in [0, 0.1) is 0 Å². The lowest BCUT2D eigenvalue weighted by atomic mass is 10.2. The standard InChI is InChI=1S/C22H27ClN2O4/c1-22(2,3)29-21(27)25(4)14-13-24-20(26)17-11-8-12-18(19(17)23)28-15-16-9-6-5-7-10-16/h5-12H,13-15H2,1-4H3,(H,24,26). The van der Waals surface area contributed by atoms with Crippen molar-refractivity contribution in [3.05, 3.63) is 64.7 Å². The minimum Gasteiger partial charge on any atom is -0.487 e. The third-order valence-electron chi connectivity index (χ3n) is 3.88. The fourth-order valence-electron chi connectivity index (χ4n) is 2.40. The van der Waals surface area contributed by atoms with E-state index < -0.39 is 11.7 Å². The van der Waals surface area contributed by atoms with Gasteiger partial charge < -0.3 is 19.7 Å². The number of carbonyl (C=O) groups is 2. The van der Waals surface area contributed by atoms with Crippen molar-refractivity contribution in [1.82, 2.24) is 10.2 Å². The fraction of sp³-hybridized carbons (Fsp3) is 0.364. The lowest BCUT2D eigenvalue weighted by molar-refractivity contribution is 0.0299. The van der Waals surface area contributed by atoms with E-state index in [1.807, 2.05) is 30.3 Å². The highest BCUT2D eigenvalue weighted by atomic mass is 35.5. The topological polar surface area (TPSA) is 67.9 Å². The third-order valence-corrected chi connectivity index (χ3v) is 4.27. The lowest BCUT2D eigenvalue weighted by Gasteiger charge is -2.24. The molecule has 7 heteroatoms. The summed E-state index contributed by atoms with van der Waals surface area (Å²) in [5, 5.41) is 3.01. The maximum Gasteiger partial charge on any atom is 0.410 e. The Hall–Kier alpha value is -2.73. The van der Waals surface area contributed by atoms with E-state index in [0.717, 1.165) is 5.56 Å². The monoisotopic (exact) mass is 418 g/mol. The quantitative estimate of drug-likeness (QED) is 0.718. The SMILES string of the molecule is CN(CCNC(=O)c1cccc(OCc2ccccc2)c1Cl)C(=O)OC(C)(C)C. The summed E-state index contributed by atoms with van der Waals surface area (Å²) in [5.74, 6) is 0.104. The van der Waals surface area contributed by atoms with Crippen molar-refractivity contribution < 1.29 is 19.1 Å². The van der Waals surface area contributed by atoms with Gasteiger partial charge in [-0.3, -0.25) is 4.79 Å². The van der Waals surface area contributed by atoms with Gasteiger partial charge in [-0.05, 0) is 38.5 Å². The average molecular weight is 419 g/mol. The molecule has 0 saturated carbocycles. The molecule has 0 fully saturated rings. The summed E-state index contributed by atoms with van der Waals surface area (Å²) in [5.41, 5.74) is 0.753. The molecule has 2 rings (SSSR count). The molecule has 0 heterocycles. The molecule has 0 aliphatic carbocycles. The van der Waals surface area contributed by atoms with Gasteiger partial charge >= 0.3 is 6.09 Å². The molecule has 0 radical (unpaired) electrons. The van der Waals surface area contributed by atoms with Gasteiger partial charge in [0.1, 0.15) is 18.0 Å². The summed E-state index contributed by atoms with van der Waals surface area (Å²) in [6.07, 6.45) is -0.443. The highest BCUT2D eigenvalue weighted by molar-refractivity contribution is 6.35. The van der Waals surface area contributed by atoms with Crippen LogP contribution in [0.25, 0.3) is 0 Å². The highest BCUT2D eigenvalue weighted by Gasteiger charge is 2.20. The van der Waals surface area contributed by atoms with E-state index in [9.17, 15) is 9.59 Å². The number of carbonyl (C=O) groups excluding carboxylic acids is 2. The molecular formula is C22H27ClN2O4. The number of ether oxygens (including phenoxy) is 2. The number of hydrogen-bond donors (Lipinski definition) is 1. The van der Waals surface area contributed by atoms with Crippen molar-refractivity contribution in [2.75, 3.05) is 20.1 Å². The van der Waals surface area contributed by atoms with Crippen molar-refractivity contribution in [2.24, 2.45) is 0 Å². The zero-order valence-electron chi connectivity index (χ0n) is 17.2. The molecule has 1 N–H and O–H groups in total. The zero-order valence-corrected chi connectivity index (χ0v) is 18.0. The van der Waals surface area contributed by atoms with Crippen LogP contribution < -0.4 is 10.1 Å². The Labute approximate surface area is 176 Å². The van der Waals surface area contributed by atoms with Crippen LogP contribution in [0.4, 0.5) is 4.79 Å². The molecule has 2 aromatic carbocycles. The van der Waals surface area contributed by atoms with Gasteiger partial charge in [0.05, 0.1) is 10.6 Å². The summed E-state index contributed by atoms with van der Waals surface area (Å²) in [4.78, 5) is 25.8. The summed E-state index contributed by atoms with van der Waals surface area (Å²) in [6.45, 7) is 6.33. The Morgan fingerprint density at radius 3 is 2.41 bits per heavy atom. The highest BCUT2D eigenvalue weighted by Crippen LogP contribution is 2.28. The van der Waals surface area contributed by atoms with Gasteiger partial charge in [0.25, 0.3) is 5.91 Å². The van der Waals surface area contributed by atoms with E-state index in [0.29, 0.717) is 24.5 Å². The minimum absolute atomic E-state index is 0.251. The summed E-state index contributed by atoms with van der Waals surface area (Å²) in [7, 11) is 1.62. The number of nitrogens with zero attached hydrogens (tertiary/aromatic N) is 1. The molecule has 0 aliphatic heterocycles. The summed E-state index contributed by atoms with van der Waals surface area (Å²) in [6, 6.07) is 14.8. The van der Waals surface area contributed by atoms with Gasteiger partial charge in [0.2, 0.25) is 0 Å². The number of likely N-dealkylation sites (N-methyl/N-ethyl adjacent to an activating group) is 1. The van der Waals surface area contributed by atoms with Gasteiger partial charge in [-0.15, -0.1) is 0 Å². The second-order valence-corrected chi connectivity index (χ2v) is 7.93. The predicted molar refractivity (Wildman–Crippen MR) is 113 cm³/mol. The molecule has 0 bridgehead atoms. The van der Waals surface area contributed by atoms with Crippen LogP contribution in [0.5, 0.6) is 5.75 Å². The van der Waals surface area contributed by atoms with Crippen LogP contribution in [0.15, 0.2) is 48.5 Å². The van der Waals surface area contributed by atoms with E-state index in [1.54, 1.807) is 46.0 Å². The van der Waals surface area contributed by atoms with Gasteiger partial charge in [-0.1, -0.05) is 48.0 Å². The number of hydrogen-bond acceptors (Lipinski definition) is 4. The zero-order chi connectivity index (χ0) is 21.4. The Morgan fingerprint density at radius 2 is 1.76 bits per heavy atom. The van der Waals surface area contributed by atoms with Crippen molar-refractivity contribution in [3.63, 3.8) is 0 Å². The van der Waals surface area contributed by atoms with Crippen molar-refractivity contribution >= 4 is 23.6 Å². The van der Waals surface area contributed by atoms with E-state index in [1.165, 1.54) is 4.90 Å². The predicted octanol–water partition coefficient (Wildman–Crippen LogP) is 4.52. The Morgan fingerprint density at radius 1 is 1.07 bits per heavy atom. The Balaban J connectivity index is 1.89. The fourth-order valence-corrected chi connectivity index (χ4v) is 2.66. The molecule has 0 unspecified atom stereocenters. The van der Waals surface area contributed by atoms with Crippen molar-refractivity contribution in [3.8, 4) is 5.75 Å². The van der Waals surface area contributed by atoms with Gasteiger partial charge in [-0.25, -0.2) is 4.79 Å². The number of halogens is 1. The second-order valence-electron chi connectivity index (χ2n) is 7.55. The van der Waals surface area contributed by atoms with E-state index in [2.05, 4.69) is 5.32 Å². The number of rotatable bonds is 7. The molecule has 0 aliphatic rings. The maximum atomic E-state index is 12.5. The van der Waals surface area contributed by atoms with E-state index in [4.69, 9.17) is 21.1 Å². The molecule has 0 saturated heterocycles. The molecule has 2 aromatic rings. The number of amides is 2. The molecular weight excluding hydrogens is 392 g/mol. The van der Waals surface area contributed by atoms with Crippen molar-refractivity contribution in [2.45, 2.75) is 33.0 Å². The summed E-state index contributed by atoms with van der Waals surface area (Å²) >= 11 is 6.36. The largest absolute Gasteiger partial charge is 0.487 e. The minimum atomic E-state index is -0.567. The molecule has 29 heavy (non-hydrogen) atoms. The maximum absolute atomic E-state index is 12.5. The molecule has 0 spiro atoms. The van der Waals surface area contributed by atoms with Gasteiger partial charge in [0.15, 0.2) is 0 Å². The van der Waals surface area contributed by atoms with Crippen LogP contribution in [0.2, 0.25) is 5.02 Å². The normalized spacial score (nSPS) is 10.9. The first-order valence-corrected chi connectivity index (χ1v) is 9.73. The van der Waals surface area contributed by atoms with Crippen molar-refractivity contribution in [1.29, 1.82) is 0 Å². The van der Waals surface area contributed by atoms with Crippen LogP contribution >= 0.6 is 11.6 Å². The molecule has 0 atom stereocenters. The number of benzene rings is 2. The van der Waals surface area contributed by atoms with Crippen LogP contribution in [-0.4, -0.2) is 42.6 Å². The Bertz CT molecular complexity index is 834. The average Bonchev–Trinajstić information content (AvgIpc) is 2.66. The van der Waals surface area contributed by atoms with Crippen LogP contribution in [0.1, 0.15) is 36.7 Å². The van der Waals surface area contributed by atoms with E-state index >= 15 is 0 Å². The van der Waals surface area contributed by atoms with Gasteiger partial charge in [0, 0.05) is 20.1 Å². The lowest BCUT2D eigenvalue weighted by Crippen LogP contribution is -2.39. The van der Waals surface area contributed by atoms with Crippen LogP contribution in [0.3, 0.4) is 0 Å². The third kappa shape index (κ3) is 7.31. The van der Waals surface area contributed by atoms with E-state index in [-0.39, 0.29) is 17.5 Å². The number of nitrogens with one attached hydrogen (secondary N) is 1. The molecule has 6 nitrogen and oxygen atoms in total. The molecule has 2 amide bonds. The molecule has 0 aromatic heterocycles. The smallest absolute Gasteiger partial charge is 0.410 e. The van der Waals surface area contributed by atoms with Gasteiger partial charge in [-0.2, -0.15) is 0 Å². The van der Waals surface area contributed by atoms with Crippen LogP contribution in [-0.2, 0) is 11.3 Å². The Kier molecular flexibility index (Phi) is 7.91. The molecule has 156 valence electrons.